The lowest BCUT2D eigenvalue weighted by Crippen LogP contribution is -2.51. The Morgan fingerprint density at radius 1 is 0.976 bits per heavy atom. The summed E-state index contributed by atoms with van der Waals surface area (Å²) in [7, 11) is -4.31. The number of amides is 2. The predicted octanol–water partition coefficient (Wildman–Crippen LogP) is 6.06. The molecule has 0 aliphatic carbocycles. The fourth-order valence-corrected chi connectivity index (χ4v) is 5.83. The minimum absolute atomic E-state index is 0.0432. The van der Waals surface area contributed by atoms with Gasteiger partial charge in [0.2, 0.25) is 11.8 Å². The molecular formula is C30H34Cl2FN3O5S. The summed E-state index contributed by atoms with van der Waals surface area (Å²) in [6.07, 6.45) is 1.63. The Hall–Kier alpha value is -3.34. The van der Waals surface area contributed by atoms with E-state index in [1.54, 1.807) is 32.0 Å². The van der Waals surface area contributed by atoms with Crippen molar-refractivity contribution in [2.45, 2.75) is 51.1 Å². The standard InChI is InChI=1S/C30H34Cl2FN3O5S/c1-4-6-17-34-30(38)21(3)35(19-22-7-16-27(31)28(32)18-22)29(37)20-36(24-10-8-23(33)9-11-24)42(39,40)26-14-12-25(13-15-26)41-5-2/h7-16,18,21H,4-6,17,19-20H2,1-3H3,(H,34,38)/t21-/m0/s1. The molecule has 226 valence electrons. The van der Waals surface area contributed by atoms with Crippen LogP contribution in [0, 0.1) is 5.82 Å². The molecule has 0 heterocycles. The van der Waals surface area contributed by atoms with Gasteiger partial charge in [0.05, 0.1) is 27.2 Å². The lowest BCUT2D eigenvalue weighted by Gasteiger charge is -2.32. The van der Waals surface area contributed by atoms with Gasteiger partial charge in [0.25, 0.3) is 10.0 Å². The van der Waals surface area contributed by atoms with Gasteiger partial charge in [-0.1, -0.05) is 42.6 Å². The molecule has 1 atom stereocenters. The maximum Gasteiger partial charge on any atom is 0.264 e. The molecule has 0 saturated heterocycles. The smallest absolute Gasteiger partial charge is 0.264 e. The van der Waals surface area contributed by atoms with E-state index in [0.717, 1.165) is 29.3 Å². The number of rotatable bonds is 14. The first-order chi connectivity index (χ1) is 20.0. The average Bonchev–Trinajstić information content (AvgIpc) is 2.97. The van der Waals surface area contributed by atoms with Crippen LogP contribution in [0.25, 0.3) is 0 Å². The highest BCUT2D eigenvalue weighted by molar-refractivity contribution is 7.92. The lowest BCUT2D eigenvalue weighted by molar-refractivity contribution is -0.139. The van der Waals surface area contributed by atoms with Crippen LogP contribution in [0.15, 0.2) is 71.6 Å². The van der Waals surface area contributed by atoms with Gasteiger partial charge in [0.1, 0.15) is 24.2 Å². The summed E-state index contributed by atoms with van der Waals surface area (Å²) < 4.78 is 47.8. The van der Waals surface area contributed by atoms with Gasteiger partial charge in [-0.05, 0) is 86.5 Å². The van der Waals surface area contributed by atoms with Gasteiger partial charge >= 0.3 is 0 Å². The molecule has 0 radical (unpaired) electrons. The predicted molar refractivity (Wildman–Crippen MR) is 163 cm³/mol. The van der Waals surface area contributed by atoms with Gasteiger partial charge in [-0.3, -0.25) is 13.9 Å². The van der Waals surface area contributed by atoms with Gasteiger partial charge in [-0.2, -0.15) is 0 Å². The highest BCUT2D eigenvalue weighted by Gasteiger charge is 2.32. The Morgan fingerprint density at radius 3 is 2.24 bits per heavy atom. The molecule has 1 N–H and O–H groups in total. The summed E-state index contributed by atoms with van der Waals surface area (Å²) in [5.74, 6) is -1.13. The number of carbonyl (C=O) groups excluding carboxylic acids is 2. The second kappa shape index (κ2) is 15.2. The van der Waals surface area contributed by atoms with Crippen molar-refractivity contribution in [3.8, 4) is 5.75 Å². The number of ether oxygens (including phenoxy) is 1. The van der Waals surface area contributed by atoms with E-state index in [0.29, 0.717) is 29.5 Å². The largest absolute Gasteiger partial charge is 0.494 e. The third kappa shape index (κ3) is 8.59. The van der Waals surface area contributed by atoms with Gasteiger partial charge in [0.15, 0.2) is 0 Å². The van der Waals surface area contributed by atoms with E-state index < -0.39 is 34.3 Å². The molecule has 2 amide bonds. The van der Waals surface area contributed by atoms with E-state index in [9.17, 15) is 22.4 Å². The maximum absolute atomic E-state index is 13.9. The number of halogens is 3. The fourth-order valence-electron chi connectivity index (χ4n) is 4.09. The van der Waals surface area contributed by atoms with Crippen LogP contribution >= 0.6 is 23.2 Å². The Bertz CT molecular complexity index is 1470. The number of carbonyl (C=O) groups is 2. The van der Waals surface area contributed by atoms with Crippen LogP contribution in [0.4, 0.5) is 10.1 Å². The Morgan fingerprint density at radius 2 is 1.64 bits per heavy atom. The molecule has 0 fully saturated rings. The third-order valence-corrected chi connectivity index (χ3v) is 8.98. The minimum Gasteiger partial charge on any atom is -0.494 e. The molecule has 0 aromatic heterocycles. The van der Waals surface area contributed by atoms with E-state index in [2.05, 4.69) is 5.32 Å². The first kappa shape index (κ1) is 33.2. The molecular weight excluding hydrogens is 604 g/mol. The quantitative estimate of drug-likeness (QED) is 0.217. The molecule has 3 aromatic rings. The molecule has 12 heteroatoms. The normalized spacial score (nSPS) is 12.0. The zero-order chi connectivity index (χ0) is 30.9. The molecule has 0 saturated carbocycles. The Kier molecular flexibility index (Phi) is 12.0. The van der Waals surface area contributed by atoms with Crippen LogP contribution in [0.5, 0.6) is 5.75 Å². The zero-order valence-electron chi connectivity index (χ0n) is 23.6. The average molecular weight is 639 g/mol. The van der Waals surface area contributed by atoms with Crippen molar-refractivity contribution in [1.29, 1.82) is 0 Å². The summed E-state index contributed by atoms with van der Waals surface area (Å²) >= 11 is 12.3. The monoisotopic (exact) mass is 637 g/mol. The number of nitrogens with zero attached hydrogens (tertiary/aromatic N) is 2. The van der Waals surface area contributed by atoms with Crippen molar-refractivity contribution < 1.29 is 27.1 Å². The summed E-state index contributed by atoms with van der Waals surface area (Å²) in [4.78, 5) is 28.2. The van der Waals surface area contributed by atoms with Gasteiger partial charge in [-0.25, -0.2) is 12.8 Å². The number of anilines is 1. The first-order valence-electron chi connectivity index (χ1n) is 13.5. The number of benzene rings is 3. The Labute approximate surface area is 256 Å². The van der Waals surface area contributed by atoms with Gasteiger partial charge in [-0.15, -0.1) is 0 Å². The second-order valence-corrected chi connectivity index (χ2v) is 12.2. The molecule has 0 spiro atoms. The lowest BCUT2D eigenvalue weighted by atomic mass is 10.1. The van der Waals surface area contributed by atoms with Crippen molar-refractivity contribution in [3.63, 3.8) is 0 Å². The molecule has 0 aliphatic heterocycles. The molecule has 0 aliphatic rings. The van der Waals surface area contributed by atoms with E-state index in [1.165, 1.54) is 41.3 Å². The van der Waals surface area contributed by atoms with Crippen molar-refractivity contribution in [2.75, 3.05) is 24.0 Å². The summed E-state index contributed by atoms with van der Waals surface area (Å²) in [5.41, 5.74) is 0.668. The number of sulfonamides is 1. The van der Waals surface area contributed by atoms with Crippen LogP contribution in [0.3, 0.4) is 0 Å². The van der Waals surface area contributed by atoms with Crippen LogP contribution in [-0.4, -0.2) is 50.9 Å². The number of unbranched alkanes of at least 4 members (excludes halogenated alkanes) is 1. The van der Waals surface area contributed by atoms with Crippen LogP contribution in [0.1, 0.15) is 39.2 Å². The van der Waals surface area contributed by atoms with Crippen LogP contribution in [-0.2, 0) is 26.2 Å². The first-order valence-corrected chi connectivity index (χ1v) is 15.7. The van der Waals surface area contributed by atoms with Crippen molar-refractivity contribution >= 4 is 50.7 Å². The summed E-state index contributed by atoms with van der Waals surface area (Å²) in [6.45, 7) is 5.50. The highest BCUT2D eigenvalue weighted by atomic mass is 35.5. The van der Waals surface area contributed by atoms with E-state index in [-0.39, 0.29) is 28.1 Å². The number of hydrogen-bond acceptors (Lipinski definition) is 5. The summed E-state index contributed by atoms with van der Waals surface area (Å²) in [5, 5.41) is 3.42. The van der Waals surface area contributed by atoms with E-state index >= 15 is 0 Å². The molecule has 42 heavy (non-hydrogen) atoms. The number of nitrogens with one attached hydrogen (secondary N) is 1. The number of hydrogen-bond donors (Lipinski definition) is 1. The second-order valence-electron chi connectivity index (χ2n) is 9.48. The van der Waals surface area contributed by atoms with Crippen molar-refractivity contribution in [3.05, 3.63) is 88.2 Å². The SMILES string of the molecule is CCCCNC(=O)[C@H](C)N(Cc1ccc(Cl)c(Cl)c1)C(=O)CN(c1ccc(F)cc1)S(=O)(=O)c1ccc(OCC)cc1. The minimum atomic E-state index is -4.31. The molecule has 3 aromatic carbocycles. The maximum atomic E-state index is 13.9. The van der Waals surface area contributed by atoms with Crippen molar-refractivity contribution in [1.82, 2.24) is 10.2 Å². The molecule has 8 nitrogen and oxygen atoms in total. The van der Waals surface area contributed by atoms with E-state index in [1.807, 2.05) is 6.92 Å². The molecule has 3 rings (SSSR count). The van der Waals surface area contributed by atoms with Gasteiger partial charge < -0.3 is 15.0 Å². The topological polar surface area (TPSA) is 96.0 Å². The molecule has 0 bridgehead atoms. The van der Waals surface area contributed by atoms with Crippen LogP contribution in [0.2, 0.25) is 10.0 Å². The van der Waals surface area contributed by atoms with Gasteiger partial charge in [0, 0.05) is 13.1 Å². The highest BCUT2D eigenvalue weighted by Crippen LogP contribution is 2.27. The van der Waals surface area contributed by atoms with Crippen molar-refractivity contribution in [2.24, 2.45) is 0 Å². The third-order valence-electron chi connectivity index (χ3n) is 6.45. The zero-order valence-corrected chi connectivity index (χ0v) is 26.0. The Balaban J connectivity index is 2.00. The summed E-state index contributed by atoms with van der Waals surface area (Å²) in [6, 6.07) is 14.4. The molecule has 0 unspecified atom stereocenters. The van der Waals surface area contributed by atoms with E-state index in [4.69, 9.17) is 27.9 Å². The van der Waals surface area contributed by atoms with Crippen LogP contribution < -0.4 is 14.4 Å². The fraction of sp³-hybridized carbons (Fsp3) is 0.333.